The molecule has 1 aliphatic carbocycles. The number of carbonyl (C=O) groups excluding carboxylic acids is 1. The van der Waals surface area contributed by atoms with Gasteiger partial charge in [0.25, 0.3) is 0 Å². The first kappa shape index (κ1) is 13.8. The molecule has 0 saturated heterocycles. The van der Waals surface area contributed by atoms with Gasteiger partial charge < -0.3 is 10.4 Å². The second kappa shape index (κ2) is 8.88. The number of aliphatic hydroxyl groups excluding tert-OH is 1. The lowest BCUT2D eigenvalue weighted by Gasteiger charge is -2.09. The quantitative estimate of drug-likeness (QED) is 0.641. The first-order valence-electron chi connectivity index (χ1n) is 6.28. The van der Waals surface area contributed by atoms with E-state index in [0.29, 0.717) is 5.92 Å². The zero-order valence-corrected chi connectivity index (χ0v) is 10.7. The van der Waals surface area contributed by atoms with E-state index in [-0.39, 0.29) is 12.5 Å². The summed E-state index contributed by atoms with van der Waals surface area (Å²) in [6.45, 7) is 1.03. The van der Waals surface area contributed by atoms with Crippen LogP contribution in [0.15, 0.2) is 0 Å². The highest BCUT2D eigenvalue weighted by molar-refractivity contribution is 7.99. The summed E-state index contributed by atoms with van der Waals surface area (Å²) in [6, 6.07) is 0. The smallest absolute Gasteiger partial charge is 0.220 e. The SMILES string of the molecule is O=C(CC1CCCC1)NCCSCCCO. The number of hydrogen-bond donors (Lipinski definition) is 2. The third-order valence-electron chi connectivity index (χ3n) is 2.96. The van der Waals surface area contributed by atoms with Gasteiger partial charge in [-0.25, -0.2) is 0 Å². The lowest BCUT2D eigenvalue weighted by molar-refractivity contribution is -0.121. The molecule has 0 aromatic heterocycles. The molecular weight excluding hydrogens is 222 g/mol. The highest BCUT2D eigenvalue weighted by atomic mass is 32.2. The van der Waals surface area contributed by atoms with Crippen LogP contribution >= 0.6 is 11.8 Å². The molecule has 1 amide bonds. The van der Waals surface area contributed by atoms with Crippen LogP contribution in [0.25, 0.3) is 0 Å². The van der Waals surface area contributed by atoms with Crippen molar-refractivity contribution in [1.29, 1.82) is 0 Å². The molecule has 0 radical (unpaired) electrons. The van der Waals surface area contributed by atoms with Crippen LogP contribution in [-0.2, 0) is 4.79 Å². The number of aliphatic hydroxyl groups is 1. The van der Waals surface area contributed by atoms with E-state index in [1.54, 1.807) is 11.8 Å². The molecule has 16 heavy (non-hydrogen) atoms. The topological polar surface area (TPSA) is 49.3 Å². The third-order valence-corrected chi connectivity index (χ3v) is 4.03. The summed E-state index contributed by atoms with van der Waals surface area (Å²) in [5.74, 6) is 2.79. The lowest BCUT2D eigenvalue weighted by atomic mass is 10.0. The van der Waals surface area contributed by atoms with E-state index in [1.165, 1.54) is 25.7 Å². The summed E-state index contributed by atoms with van der Waals surface area (Å²) in [5.41, 5.74) is 0. The van der Waals surface area contributed by atoms with Gasteiger partial charge in [0.05, 0.1) is 0 Å². The lowest BCUT2D eigenvalue weighted by Crippen LogP contribution is -2.27. The fourth-order valence-electron chi connectivity index (χ4n) is 2.08. The van der Waals surface area contributed by atoms with E-state index in [2.05, 4.69) is 5.32 Å². The van der Waals surface area contributed by atoms with Gasteiger partial charge in [0, 0.05) is 25.3 Å². The van der Waals surface area contributed by atoms with E-state index in [9.17, 15) is 4.79 Å². The maximum Gasteiger partial charge on any atom is 0.220 e. The molecule has 1 rings (SSSR count). The Labute approximate surface area is 102 Å². The van der Waals surface area contributed by atoms with Crippen LogP contribution in [0.4, 0.5) is 0 Å². The van der Waals surface area contributed by atoms with E-state index in [0.717, 1.165) is 30.9 Å². The van der Waals surface area contributed by atoms with Crippen molar-refractivity contribution in [3.63, 3.8) is 0 Å². The number of nitrogens with one attached hydrogen (secondary N) is 1. The molecular formula is C12H23NO2S. The van der Waals surface area contributed by atoms with Gasteiger partial charge in [-0.05, 0) is 30.9 Å². The van der Waals surface area contributed by atoms with Gasteiger partial charge in [-0.15, -0.1) is 0 Å². The molecule has 0 aliphatic heterocycles. The normalized spacial score (nSPS) is 16.6. The van der Waals surface area contributed by atoms with Crippen molar-refractivity contribution in [3.05, 3.63) is 0 Å². The number of carbonyl (C=O) groups is 1. The molecule has 1 saturated carbocycles. The third kappa shape index (κ3) is 6.38. The minimum atomic E-state index is 0.217. The van der Waals surface area contributed by atoms with Crippen LogP contribution in [0.2, 0.25) is 0 Å². The van der Waals surface area contributed by atoms with Gasteiger partial charge >= 0.3 is 0 Å². The number of rotatable bonds is 8. The largest absolute Gasteiger partial charge is 0.396 e. The summed E-state index contributed by atoms with van der Waals surface area (Å²) in [6.07, 6.45) is 6.64. The van der Waals surface area contributed by atoms with Crippen molar-refractivity contribution >= 4 is 17.7 Å². The van der Waals surface area contributed by atoms with Crippen LogP contribution in [-0.4, -0.2) is 35.7 Å². The van der Waals surface area contributed by atoms with Gasteiger partial charge in [-0.3, -0.25) is 4.79 Å². The molecule has 0 bridgehead atoms. The zero-order chi connectivity index (χ0) is 11.6. The Morgan fingerprint density at radius 3 is 2.75 bits per heavy atom. The van der Waals surface area contributed by atoms with Gasteiger partial charge in [0.2, 0.25) is 5.91 Å². The van der Waals surface area contributed by atoms with Gasteiger partial charge in [0.15, 0.2) is 0 Å². The predicted octanol–water partition coefficient (Wildman–Crippen LogP) is 1.80. The number of amides is 1. The van der Waals surface area contributed by atoms with Gasteiger partial charge in [-0.1, -0.05) is 12.8 Å². The molecule has 2 N–H and O–H groups in total. The predicted molar refractivity (Wildman–Crippen MR) is 68.6 cm³/mol. The molecule has 0 heterocycles. The standard InChI is InChI=1S/C12H23NO2S/c14-7-3-8-16-9-6-13-12(15)10-11-4-1-2-5-11/h11,14H,1-10H2,(H,13,15). The van der Waals surface area contributed by atoms with E-state index in [4.69, 9.17) is 5.11 Å². The fraction of sp³-hybridized carbons (Fsp3) is 0.917. The Bertz CT molecular complexity index is 193. The number of thioether (sulfide) groups is 1. The minimum Gasteiger partial charge on any atom is -0.396 e. The molecule has 0 aromatic rings. The van der Waals surface area contributed by atoms with Gasteiger partial charge in [0.1, 0.15) is 0 Å². The summed E-state index contributed by atoms with van der Waals surface area (Å²) >= 11 is 1.79. The Kier molecular flexibility index (Phi) is 7.68. The van der Waals surface area contributed by atoms with E-state index < -0.39 is 0 Å². The van der Waals surface area contributed by atoms with Crippen molar-refractivity contribution in [2.45, 2.75) is 38.5 Å². The molecule has 4 heteroatoms. The van der Waals surface area contributed by atoms with Gasteiger partial charge in [-0.2, -0.15) is 11.8 Å². The van der Waals surface area contributed by atoms with E-state index >= 15 is 0 Å². The molecule has 3 nitrogen and oxygen atoms in total. The maximum absolute atomic E-state index is 11.5. The zero-order valence-electron chi connectivity index (χ0n) is 9.91. The molecule has 1 aliphatic rings. The molecule has 1 fully saturated rings. The average Bonchev–Trinajstić information content (AvgIpc) is 2.76. The second-order valence-electron chi connectivity index (χ2n) is 4.39. The van der Waals surface area contributed by atoms with Crippen LogP contribution in [0.5, 0.6) is 0 Å². The Hall–Kier alpha value is -0.220. The van der Waals surface area contributed by atoms with Crippen LogP contribution < -0.4 is 5.32 Å². The summed E-state index contributed by atoms with van der Waals surface area (Å²) in [7, 11) is 0. The molecule has 0 atom stereocenters. The van der Waals surface area contributed by atoms with Crippen molar-refractivity contribution in [2.24, 2.45) is 5.92 Å². The van der Waals surface area contributed by atoms with E-state index in [1.807, 2.05) is 0 Å². The molecule has 0 spiro atoms. The molecule has 0 unspecified atom stereocenters. The summed E-state index contributed by atoms with van der Waals surface area (Å²) in [4.78, 5) is 11.5. The Balaban J connectivity index is 1.89. The monoisotopic (exact) mass is 245 g/mol. The Morgan fingerprint density at radius 1 is 1.31 bits per heavy atom. The molecule has 94 valence electrons. The van der Waals surface area contributed by atoms with Crippen LogP contribution in [0, 0.1) is 5.92 Å². The molecule has 0 aromatic carbocycles. The fourth-order valence-corrected chi connectivity index (χ4v) is 2.86. The second-order valence-corrected chi connectivity index (χ2v) is 5.62. The summed E-state index contributed by atoms with van der Waals surface area (Å²) in [5, 5.41) is 11.6. The van der Waals surface area contributed by atoms with Crippen molar-refractivity contribution in [1.82, 2.24) is 5.32 Å². The minimum absolute atomic E-state index is 0.217. The van der Waals surface area contributed by atoms with Crippen LogP contribution in [0.1, 0.15) is 38.5 Å². The highest BCUT2D eigenvalue weighted by Gasteiger charge is 2.17. The Morgan fingerprint density at radius 2 is 2.06 bits per heavy atom. The first-order valence-corrected chi connectivity index (χ1v) is 7.43. The van der Waals surface area contributed by atoms with Crippen molar-refractivity contribution in [2.75, 3.05) is 24.7 Å². The summed E-state index contributed by atoms with van der Waals surface area (Å²) < 4.78 is 0. The highest BCUT2D eigenvalue weighted by Crippen LogP contribution is 2.27. The van der Waals surface area contributed by atoms with Crippen molar-refractivity contribution in [3.8, 4) is 0 Å². The van der Waals surface area contributed by atoms with Crippen molar-refractivity contribution < 1.29 is 9.90 Å². The first-order chi connectivity index (χ1) is 7.83. The number of hydrogen-bond acceptors (Lipinski definition) is 3. The average molecular weight is 245 g/mol. The van der Waals surface area contributed by atoms with Crippen LogP contribution in [0.3, 0.4) is 0 Å². The maximum atomic E-state index is 11.5.